The van der Waals surface area contributed by atoms with Crippen LogP contribution in [0.2, 0.25) is 10.0 Å². The fraction of sp³-hybridized carbons (Fsp3) is 0.136. The first-order chi connectivity index (χ1) is 15.2. The minimum atomic E-state index is -4.08. The van der Waals surface area contributed by atoms with Crippen molar-refractivity contribution >= 4 is 54.9 Å². The summed E-state index contributed by atoms with van der Waals surface area (Å²) in [6.07, 6.45) is 0.441. The molecule has 2 atom stereocenters. The maximum Gasteiger partial charge on any atom is 0.241 e. The van der Waals surface area contributed by atoms with Crippen molar-refractivity contribution in [2.45, 2.75) is 23.4 Å². The van der Waals surface area contributed by atoms with Crippen LogP contribution in [0.25, 0.3) is 0 Å². The second kappa shape index (κ2) is 9.49. The maximum atomic E-state index is 13.7. The van der Waals surface area contributed by atoms with Gasteiger partial charge in [-0.15, -0.1) is 0 Å². The average molecular weight is 557 g/mol. The average Bonchev–Trinajstić information content (AvgIpc) is 3.23. The van der Waals surface area contributed by atoms with E-state index in [4.69, 9.17) is 23.2 Å². The van der Waals surface area contributed by atoms with Gasteiger partial charge in [-0.25, -0.2) is 12.8 Å². The van der Waals surface area contributed by atoms with Gasteiger partial charge in [-0.2, -0.15) is 9.82 Å². The lowest BCUT2D eigenvalue weighted by Gasteiger charge is -2.21. The number of rotatable bonds is 6. The number of nitrogens with one attached hydrogen (secondary N) is 2. The van der Waals surface area contributed by atoms with Gasteiger partial charge < -0.3 is 5.43 Å². The number of nitrogens with zero attached hydrogens (tertiary/aromatic N) is 1. The molecule has 32 heavy (non-hydrogen) atoms. The van der Waals surface area contributed by atoms with E-state index in [1.54, 1.807) is 12.1 Å². The molecule has 2 unspecified atom stereocenters. The molecule has 0 radical (unpaired) electrons. The summed E-state index contributed by atoms with van der Waals surface area (Å²) < 4.78 is 43.4. The molecule has 0 bridgehead atoms. The Balaban J connectivity index is 1.68. The van der Waals surface area contributed by atoms with E-state index in [2.05, 4.69) is 31.2 Å². The van der Waals surface area contributed by atoms with Crippen LogP contribution < -0.4 is 10.1 Å². The van der Waals surface area contributed by atoms with E-state index in [1.807, 2.05) is 24.3 Å². The zero-order chi connectivity index (χ0) is 22.9. The van der Waals surface area contributed by atoms with Crippen LogP contribution in [-0.2, 0) is 10.0 Å². The van der Waals surface area contributed by atoms with Gasteiger partial charge in [0.05, 0.1) is 22.7 Å². The predicted molar refractivity (Wildman–Crippen MR) is 128 cm³/mol. The molecule has 0 saturated carbocycles. The third-order valence-electron chi connectivity index (χ3n) is 5.04. The summed E-state index contributed by atoms with van der Waals surface area (Å²) in [5, 5.41) is 5.13. The van der Waals surface area contributed by atoms with Gasteiger partial charge >= 0.3 is 0 Å². The number of hydrogen-bond acceptors (Lipinski definition) is 4. The Morgan fingerprint density at radius 2 is 1.84 bits per heavy atom. The second-order valence-corrected chi connectivity index (χ2v) is 10.7. The molecule has 3 aromatic carbocycles. The molecule has 0 saturated heterocycles. The van der Waals surface area contributed by atoms with E-state index >= 15 is 0 Å². The van der Waals surface area contributed by atoms with Gasteiger partial charge in [-0.3, -0.25) is 0 Å². The lowest BCUT2D eigenvalue weighted by atomic mass is 9.96. The van der Waals surface area contributed by atoms with Crippen molar-refractivity contribution in [3.05, 3.63) is 98.2 Å². The molecule has 166 valence electrons. The SMILES string of the molecule is O=S(=O)(NC(C1=NNC(c2ccc(Br)cc2)C1)c1ccc(Cl)cc1Cl)c1cccc(F)c1. The summed E-state index contributed by atoms with van der Waals surface area (Å²) in [7, 11) is -4.08. The van der Waals surface area contributed by atoms with Gasteiger partial charge in [0.15, 0.2) is 0 Å². The van der Waals surface area contributed by atoms with Crippen LogP contribution in [0.3, 0.4) is 0 Å². The van der Waals surface area contributed by atoms with Gasteiger partial charge in [-0.1, -0.05) is 63.4 Å². The van der Waals surface area contributed by atoms with E-state index in [-0.39, 0.29) is 10.9 Å². The van der Waals surface area contributed by atoms with Gasteiger partial charge in [0.1, 0.15) is 5.82 Å². The highest BCUT2D eigenvalue weighted by Gasteiger charge is 2.32. The summed E-state index contributed by atoms with van der Waals surface area (Å²) in [4.78, 5) is -0.191. The van der Waals surface area contributed by atoms with Crippen molar-refractivity contribution in [3.8, 4) is 0 Å². The van der Waals surface area contributed by atoms with E-state index in [0.29, 0.717) is 27.7 Å². The van der Waals surface area contributed by atoms with Crippen molar-refractivity contribution in [2.24, 2.45) is 5.10 Å². The highest BCUT2D eigenvalue weighted by molar-refractivity contribution is 9.10. The summed E-state index contributed by atoms with van der Waals surface area (Å²) in [6.45, 7) is 0. The lowest BCUT2D eigenvalue weighted by Crippen LogP contribution is -2.33. The Morgan fingerprint density at radius 1 is 1.09 bits per heavy atom. The Kier molecular flexibility index (Phi) is 6.88. The predicted octanol–water partition coefficient (Wildman–Crippen LogP) is 6.01. The molecule has 0 spiro atoms. The first-order valence-electron chi connectivity index (χ1n) is 9.53. The summed E-state index contributed by atoms with van der Waals surface area (Å²) in [5.74, 6) is -0.649. The monoisotopic (exact) mass is 555 g/mol. The minimum absolute atomic E-state index is 0.134. The van der Waals surface area contributed by atoms with Crippen LogP contribution in [0.1, 0.15) is 29.6 Å². The smallest absolute Gasteiger partial charge is 0.241 e. The summed E-state index contributed by atoms with van der Waals surface area (Å²) in [5.41, 5.74) is 5.10. The van der Waals surface area contributed by atoms with Crippen LogP contribution >= 0.6 is 39.1 Å². The molecular formula is C22H17BrCl2FN3O2S. The van der Waals surface area contributed by atoms with Crippen LogP contribution in [0.5, 0.6) is 0 Å². The molecule has 2 N–H and O–H groups in total. The van der Waals surface area contributed by atoms with Gasteiger partial charge in [0.25, 0.3) is 0 Å². The number of halogens is 4. The Hall–Kier alpha value is -1.97. The second-order valence-electron chi connectivity index (χ2n) is 7.22. The molecule has 1 aliphatic heterocycles. The fourth-order valence-electron chi connectivity index (χ4n) is 3.44. The molecule has 5 nitrogen and oxygen atoms in total. The van der Waals surface area contributed by atoms with Gasteiger partial charge in [0.2, 0.25) is 10.0 Å². The molecule has 4 rings (SSSR count). The number of hydrazone groups is 1. The Bertz CT molecular complexity index is 1290. The van der Waals surface area contributed by atoms with Gasteiger partial charge in [-0.05, 0) is 53.6 Å². The van der Waals surface area contributed by atoms with Crippen molar-refractivity contribution in [2.75, 3.05) is 0 Å². The normalized spacial score (nSPS) is 17.0. The van der Waals surface area contributed by atoms with E-state index in [0.717, 1.165) is 16.1 Å². The Morgan fingerprint density at radius 3 is 2.53 bits per heavy atom. The van der Waals surface area contributed by atoms with Crippen molar-refractivity contribution < 1.29 is 12.8 Å². The Labute approximate surface area is 203 Å². The lowest BCUT2D eigenvalue weighted by molar-refractivity contribution is 0.573. The van der Waals surface area contributed by atoms with Gasteiger partial charge in [0, 0.05) is 20.9 Å². The highest BCUT2D eigenvalue weighted by Crippen LogP contribution is 2.33. The third-order valence-corrected chi connectivity index (χ3v) is 7.55. The molecule has 3 aromatic rings. The quantitative estimate of drug-likeness (QED) is 0.391. The number of sulfonamides is 1. The molecule has 0 aliphatic carbocycles. The molecule has 10 heteroatoms. The maximum absolute atomic E-state index is 13.7. The van der Waals surface area contributed by atoms with Crippen molar-refractivity contribution in [1.29, 1.82) is 0 Å². The molecule has 0 aromatic heterocycles. The van der Waals surface area contributed by atoms with E-state index < -0.39 is 21.9 Å². The molecule has 0 fully saturated rings. The third kappa shape index (κ3) is 5.15. The van der Waals surface area contributed by atoms with E-state index in [1.165, 1.54) is 24.3 Å². The molecular weight excluding hydrogens is 540 g/mol. The molecule has 1 aliphatic rings. The first kappa shape index (κ1) is 23.2. The largest absolute Gasteiger partial charge is 0.302 e. The number of hydrogen-bond donors (Lipinski definition) is 2. The van der Waals surface area contributed by atoms with Crippen LogP contribution in [0.15, 0.2) is 81.2 Å². The zero-order valence-electron chi connectivity index (χ0n) is 16.4. The van der Waals surface area contributed by atoms with E-state index in [9.17, 15) is 12.8 Å². The van der Waals surface area contributed by atoms with Crippen LogP contribution in [-0.4, -0.2) is 14.1 Å². The van der Waals surface area contributed by atoms with Crippen LogP contribution in [0, 0.1) is 5.82 Å². The summed E-state index contributed by atoms with van der Waals surface area (Å²) >= 11 is 15.9. The van der Waals surface area contributed by atoms with Crippen LogP contribution in [0.4, 0.5) is 4.39 Å². The fourth-order valence-corrected chi connectivity index (χ4v) is 5.45. The molecule has 1 heterocycles. The van der Waals surface area contributed by atoms with Crippen molar-refractivity contribution in [1.82, 2.24) is 10.1 Å². The minimum Gasteiger partial charge on any atom is -0.302 e. The van der Waals surface area contributed by atoms with Crippen molar-refractivity contribution in [3.63, 3.8) is 0 Å². The zero-order valence-corrected chi connectivity index (χ0v) is 20.3. The topological polar surface area (TPSA) is 70.6 Å². The highest BCUT2D eigenvalue weighted by atomic mass is 79.9. The first-order valence-corrected chi connectivity index (χ1v) is 12.6. The summed E-state index contributed by atoms with van der Waals surface area (Å²) in [6, 6.07) is 16.4. The number of benzene rings is 3. The molecule has 0 amide bonds. The standard InChI is InChI=1S/C22H17BrCl2FN3O2S/c23-14-6-4-13(5-7-14)20-12-21(28-27-20)22(18-9-8-15(24)10-19(18)25)29-32(30,31)17-3-1-2-16(26)11-17/h1-11,20,22,27,29H,12H2.